The number of alkyl halides is 2. The number of nitrogens with one attached hydrogen (secondary N) is 1. The van der Waals surface area contributed by atoms with E-state index < -0.39 is 12.0 Å². The minimum Gasteiger partial charge on any atom is -0.307 e. The summed E-state index contributed by atoms with van der Waals surface area (Å²) in [7, 11) is 0. The first kappa shape index (κ1) is 15.9. The van der Waals surface area contributed by atoms with Crippen molar-refractivity contribution in [1.82, 2.24) is 5.32 Å². The van der Waals surface area contributed by atoms with Gasteiger partial charge in [0, 0.05) is 0 Å². The van der Waals surface area contributed by atoms with Crippen molar-refractivity contribution in [2.24, 2.45) is 0 Å². The highest BCUT2D eigenvalue weighted by molar-refractivity contribution is 4.90. The lowest BCUT2D eigenvalue weighted by Gasteiger charge is -2.34. The molecule has 1 rings (SSSR count). The first-order valence-electron chi connectivity index (χ1n) is 7.74. The smallest absolute Gasteiger partial charge is 0.256 e. The highest BCUT2D eigenvalue weighted by Crippen LogP contribution is 2.30. The molecule has 0 atom stereocenters. The third kappa shape index (κ3) is 5.21. The van der Waals surface area contributed by atoms with Crippen molar-refractivity contribution in [3.63, 3.8) is 0 Å². The van der Waals surface area contributed by atoms with Crippen LogP contribution in [0.1, 0.15) is 77.6 Å². The highest BCUT2D eigenvalue weighted by Gasteiger charge is 2.37. The van der Waals surface area contributed by atoms with Crippen molar-refractivity contribution in [2.45, 2.75) is 89.5 Å². The Morgan fingerprint density at radius 3 is 1.56 bits per heavy atom. The van der Waals surface area contributed by atoms with Gasteiger partial charge in [-0.3, -0.25) is 0 Å². The molecule has 1 aliphatic carbocycles. The van der Waals surface area contributed by atoms with Crippen LogP contribution in [0.2, 0.25) is 0 Å². The van der Waals surface area contributed by atoms with Crippen LogP contribution in [0.15, 0.2) is 0 Å². The molecule has 0 aromatic rings. The van der Waals surface area contributed by atoms with E-state index in [0.29, 0.717) is 19.4 Å². The van der Waals surface area contributed by atoms with Crippen LogP contribution in [0, 0.1) is 0 Å². The van der Waals surface area contributed by atoms with E-state index in [2.05, 4.69) is 5.32 Å². The van der Waals surface area contributed by atoms with Gasteiger partial charge in [0.25, 0.3) is 6.43 Å². The molecule has 1 fully saturated rings. The molecule has 0 aromatic carbocycles. The fourth-order valence-corrected chi connectivity index (χ4v) is 3.07. The Morgan fingerprint density at radius 2 is 1.22 bits per heavy atom. The van der Waals surface area contributed by atoms with Crippen LogP contribution < -0.4 is 5.32 Å². The standard InChI is InChI=1S/C15H29F2N/c1-2-18-15(14(16)17)12-10-8-6-4-3-5-7-9-11-13-15/h14,18H,2-13H2,1H3. The van der Waals surface area contributed by atoms with E-state index in [-0.39, 0.29) is 0 Å². The lowest BCUT2D eigenvalue weighted by atomic mass is 9.85. The molecule has 108 valence electrons. The van der Waals surface area contributed by atoms with Crippen molar-refractivity contribution < 1.29 is 8.78 Å². The Labute approximate surface area is 111 Å². The molecule has 0 heterocycles. The van der Waals surface area contributed by atoms with Gasteiger partial charge in [0.2, 0.25) is 0 Å². The van der Waals surface area contributed by atoms with Gasteiger partial charge in [0.1, 0.15) is 0 Å². The van der Waals surface area contributed by atoms with Gasteiger partial charge in [-0.25, -0.2) is 8.78 Å². The third-order valence-electron chi connectivity index (χ3n) is 4.19. The summed E-state index contributed by atoms with van der Waals surface area (Å²) < 4.78 is 26.9. The SMILES string of the molecule is CCNC1(C(F)F)CCCCCCCCCCC1. The van der Waals surface area contributed by atoms with Gasteiger partial charge in [0.05, 0.1) is 5.54 Å². The van der Waals surface area contributed by atoms with E-state index in [1.54, 1.807) is 0 Å². The normalized spacial score (nSPS) is 23.3. The van der Waals surface area contributed by atoms with Gasteiger partial charge in [-0.1, -0.05) is 64.7 Å². The molecule has 0 amide bonds. The van der Waals surface area contributed by atoms with Crippen molar-refractivity contribution >= 4 is 0 Å². The molecule has 0 saturated heterocycles. The largest absolute Gasteiger partial charge is 0.307 e. The van der Waals surface area contributed by atoms with E-state index in [1.165, 1.54) is 32.1 Å². The van der Waals surface area contributed by atoms with Gasteiger partial charge >= 0.3 is 0 Å². The first-order chi connectivity index (χ1) is 8.71. The van der Waals surface area contributed by atoms with Crippen LogP contribution in [0.5, 0.6) is 0 Å². The van der Waals surface area contributed by atoms with Crippen molar-refractivity contribution in [3.05, 3.63) is 0 Å². The van der Waals surface area contributed by atoms with Crippen LogP contribution >= 0.6 is 0 Å². The lowest BCUT2D eigenvalue weighted by Crippen LogP contribution is -2.51. The summed E-state index contributed by atoms with van der Waals surface area (Å²) in [5.74, 6) is 0. The van der Waals surface area contributed by atoms with Crippen LogP contribution in [0.25, 0.3) is 0 Å². The minimum absolute atomic E-state index is 0.637. The average Bonchev–Trinajstić information content (AvgIpc) is 2.32. The number of rotatable bonds is 3. The van der Waals surface area contributed by atoms with Gasteiger partial charge in [-0.15, -0.1) is 0 Å². The van der Waals surface area contributed by atoms with Gasteiger partial charge in [-0.2, -0.15) is 0 Å². The topological polar surface area (TPSA) is 12.0 Å². The Hall–Kier alpha value is -0.180. The molecule has 0 radical (unpaired) electrons. The predicted molar refractivity (Wildman–Crippen MR) is 73.2 cm³/mol. The lowest BCUT2D eigenvalue weighted by molar-refractivity contribution is 0.0163. The average molecular weight is 261 g/mol. The van der Waals surface area contributed by atoms with Crippen molar-refractivity contribution in [1.29, 1.82) is 0 Å². The minimum atomic E-state index is -2.24. The highest BCUT2D eigenvalue weighted by atomic mass is 19.3. The zero-order valence-corrected chi connectivity index (χ0v) is 11.8. The van der Waals surface area contributed by atoms with Crippen LogP contribution in [-0.4, -0.2) is 18.5 Å². The zero-order chi connectivity index (χ0) is 13.3. The molecular weight excluding hydrogens is 232 g/mol. The Morgan fingerprint density at radius 1 is 0.833 bits per heavy atom. The summed E-state index contributed by atoms with van der Waals surface area (Å²) in [5.41, 5.74) is -0.909. The molecule has 0 aromatic heterocycles. The summed E-state index contributed by atoms with van der Waals surface area (Å²) in [6.45, 7) is 2.57. The van der Waals surface area contributed by atoms with Crippen LogP contribution in [0.3, 0.4) is 0 Å². The summed E-state index contributed by atoms with van der Waals surface area (Å²) in [5, 5.41) is 3.10. The van der Waals surface area contributed by atoms with E-state index in [9.17, 15) is 8.78 Å². The second-order valence-electron chi connectivity index (χ2n) is 5.67. The van der Waals surface area contributed by atoms with Gasteiger partial charge < -0.3 is 5.32 Å². The third-order valence-corrected chi connectivity index (χ3v) is 4.19. The van der Waals surface area contributed by atoms with E-state index in [0.717, 1.165) is 25.7 Å². The molecular formula is C15H29F2N. The molecule has 0 unspecified atom stereocenters. The maximum Gasteiger partial charge on any atom is 0.256 e. The van der Waals surface area contributed by atoms with Gasteiger partial charge in [-0.05, 0) is 19.4 Å². The Bertz CT molecular complexity index is 195. The molecule has 1 nitrogen and oxygen atoms in total. The molecule has 1 N–H and O–H groups in total. The number of hydrogen-bond acceptors (Lipinski definition) is 1. The van der Waals surface area contributed by atoms with Crippen molar-refractivity contribution in [3.8, 4) is 0 Å². The molecule has 0 spiro atoms. The van der Waals surface area contributed by atoms with Crippen molar-refractivity contribution in [2.75, 3.05) is 6.54 Å². The molecule has 1 aliphatic rings. The van der Waals surface area contributed by atoms with Crippen LogP contribution in [0.4, 0.5) is 8.78 Å². The Balaban J connectivity index is 2.57. The second kappa shape index (κ2) is 8.84. The monoisotopic (exact) mass is 261 g/mol. The molecule has 3 heteroatoms. The Kier molecular flexibility index (Phi) is 7.80. The van der Waals surface area contributed by atoms with Crippen LogP contribution in [-0.2, 0) is 0 Å². The van der Waals surface area contributed by atoms with E-state index in [1.807, 2.05) is 6.92 Å². The summed E-state index contributed by atoms with van der Waals surface area (Å²) in [6, 6.07) is 0. The molecule has 0 aliphatic heterocycles. The summed E-state index contributed by atoms with van der Waals surface area (Å²) >= 11 is 0. The maximum absolute atomic E-state index is 13.4. The van der Waals surface area contributed by atoms with E-state index >= 15 is 0 Å². The molecule has 0 bridgehead atoms. The number of hydrogen-bond donors (Lipinski definition) is 1. The number of halogens is 2. The molecule has 1 saturated carbocycles. The second-order valence-corrected chi connectivity index (χ2v) is 5.67. The maximum atomic E-state index is 13.4. The predicted octanol–water partition coefficient (Wildman–Crippen LogP) is 4.90. The summed E-state index contributed by atoms with van der Waals surface area (Å²) in [6.07, 6.45) is 9.46. The quantitative estimate of drug-likeness (QED) is 0.761. The molecule has 18 heavy (non-hydrogen) atoms. The fourth-order valence-electron chi connectivity index (χ4n) is 3.07. The van der Waals surface area contributed by atoms with E-state index in [4.69, 9.17) is 0 Å². The fraction of sp³-hybridized carbons (Fsp3) is 1.00. The zero-order valence-electron chi connectivity index (χ0n) is 11.8. The first-order valence-corrected chi connectivity index (χ1v) is 7.74. The van der Waals surface area contributed by atoms with Gasteiger partial charge in [0.15, 0.2) is 0 Å². The summed E-state index contributed by atoms with van der Waals surface area (Å²) in [4.78, 5) is 0.